The molecule has 0 aliphatic carbocycles. The Morgan fingerprint density at radius 1 is 0.677 bits per heavy atom. The van der Waals surface area contributed by atoms with E-state index in [1.54, 1.807) is 0 Å². The van der Waals surface area contributed by atoms with Gasteiger partial charge in [0, 0.05) is 11.1 Å². The van der Waals surface area contributed by atoms with E-state index in [4.69, 9.17) is 16.5 Å². The lowest BCUT2D eigenvalue weighted by Crippen LogP contribution is -1.98. The van der Waals surface area contributed by atoms with Crippen LogP contribution < -0.4 is 0 Å². The summed E-state index contributed by atoms with van der Waals surface area (Å²) in [6, 6.07) is 18.7. The van der Waals surface area contributed by atoms with Gasteiger partial charge in [-0.25, -0.2) is 9.83 Å². The molecule has 0 N–H and O–H groups in total. The summed E-state index contributed by atoms with van der Waals surface area (Å²) in [7, 11) is 0. The molecule has 0 fully saturated rings. The molecule has 4 rings (SSSR count). The van der Waals surface area contributed by atoms with Crippen molar-refractivity contribution in [1.82, 2.24) is 9.97 Å². The molecule has 0 aliphatic heterocycles. The van der Waals surface area contributed by atoms with Crippen LogP contribution in [0.15, 0.2) is 60.8 Å². The van der Waals surface area contributed by atoms with Crippen molar-refractivity contribution in [3.8, 4) is 33.8 Å². The average molecular weight is 404 g/mol. The summed E-state index contributed by atoms with van der Waals surface area (Å²) in [5.74, 6) is 0. The van der Waals surface area contributed by atoms with Crippen LogP contribution in [0.2, 0.25) is 0 Å². The monoisotopic (exact) mass is 403 g/mol. The normalized spacial score (nSPS) is 10.7. The summed E-state index contributed by atoms with van der Waals surface area (Å²) in [6.07, 6.45) is 1.83. The van der Waals surface area contributed by atoms with Crippen LogP contribution in [-0.4, -0.2) is 9.97 Å². The molecule has 0 amide bonds. The van der Waals surface area contributed by atoms with Crippen LogP contribution in [0.4, 0.5) is 5.69 Å². The van der Waals surface area contributed by atoms with E-state index in [2.05, 4.69) is 68.9 Å². The van der Waals surface area contributed by atoms with E-state index in [9.17, 15) is 0 Å². The van der Waals surface area contributed by atoms with Crippen LogP contribution in [0, 0.1) is 41.2 Å². The largest absolute Gasteiger partial charge is 0.252 e. The third-order valence-electron chi connectivity index (χ3n) is 5.39. The lowest BCUT2D eigenvalue weighted by molar-refractivity contribution is 1.20. The standard InChI is InChI=1S/C28H25N3/c1-17-9-18(2)12-22(11-17)27-28(23-13-19(3)10-20(4)14-23)31-26(16-30-27)25-15-24(29-6)8-7-21(25)5/h7-16H,1-5H3. The molecule has 0 unspecified atom stereocenters. The van der Waals surface area contributed by atoms with Gasteiger partial charge in [-0.1, -0.05) is 46.5 Å². The molecule has 1 heterocycles. The van der Waals surface area contributed by atoms with Gasteiger partial charge in [0.1, 0.15) is 0 Å². The van der Waals surface area contributed by atoms with Gasteiger partial charge in [-0.05, 0) is 76.1 Å². The first-order valence-electron chi connectivity index (χ1n) is 10.4. The van der Waals surface area contributed by atoms with E-state index in [0.29, 0.717) is 5.69 Å². The molecule has 0 aliphatic rings. The number of hydrogen-bond donors (Lipinski definition) is 0. The Hall–Kier alpha value is -3.77. The Bertz CT molecular complexity index is 1300. The van der Waals surface area contributed by atoms with Crippen molar-refractivity contribution in [2.45, 2.75) is 34.6 Å². The minimum atomic E-state index is 0.605. The number of aromatic nitrogens is 2. The minimum absolute atomic E-state index is 0.605. The zero-order valence-corrected chi connectivity index (χ0v) is 18.6. The van der Waals surface area contributed by atoms with Crippen LogP contribution >= 0.6 is 0 Å². The number of rotatable bonds is 3. The fourth-order valence-corrected chi connectivity index (χ4v) is 4.11. The minimum Gasteiger partial charge on any atom is -0.252 e. The molecule has 0 saturated heterocycles. The smallest absolute Gasteiger partial charge is 0.187 e. The van der Waals surface area contributed by atoms with Gasteiger partial charge < -0.3 is 0 Å². The van der Waals surface area contributed by atoms with E-state index >= 15 is 0 Å². The third-order valence-corrected chi connectivity index (χ3v) is 5.39. The predicted octanol–water partition coefficient (Wildman–Crippen LogP) is 7.57. The fourth-order valence-electron chi connectivity index (χ4n) is 4.11. The van der Waals surface area contributed by atoms with E-state index in [1.165, 1.54) is 22.3 Å². The fraction of sp³-hybridized carbons (Fsp3) is 0.179. The molecule has 31 heavy (non-hydrogen) atoms. The second-order valence-electron chi connectivity index (χ2n) is 8.32. The topological polar surface area (TPSA) is 30.1 Å². The van der Waals surface area contributed by atoms with Gasteiger partial charge >= 0.3 is 0 Å². The first-order valence-corrected chi connectivity index (χ1v) is 10.4. The summed E-state index contributed by atoms with van der Waals surface area (Å²) in [6.45, 7) is 17.8. The lowest BCUT2D eigenvalue weighted by Gasteiger charge is -2.14. The lowest BCUT2D eigenvalue weighted by atomic mass is 9.97. The third kappa shape index (κ3) is 4.25. The Balaban J connectivity index is 2.00. The highest BCUT2D eigenvalue weighted by molar-refractivity contribution is 5.81. The van der Waals surface area contributed by atoms with E-state index in [0.717, 1.165) is 39.3 Å². The molecule has 152 valence electrons. The van der Waals surface area contributed by atoms with Gasteiger partial charge in [-0.3, -0.25) is 4.98 Å². The predicted molar refractivity (Wildman–Crippen MR) is 128 cm³/mol. The van der Waals surface area contributed by atoms with E-state index in [1.807, 2.05) is 31.3 Å². The van der Waals surface area contributed by atoms with Gasteiger partial charge in [0.15, 0.2) is 5.69 Å². The molecular weight excluding hydrogens is 378 g/mol. The zero-order valence-electron chi connectivity index (χ0n) is 18.6. The Kier molecular flexibility index (Phi) is 5.40. The molecule has 4 aromatic rings. The van der Waals surface area contributed by atoms with Crippen molar-refractivity contribution in [2.75, 3.05) is 0 Å². The maximum absolute atomic E-state index is 7.37. The van der Waals surface area contributed by atoms with Crippen LogP contribution in [-0.2, 0) is 0 Å². The highest BCUT2D eigenvalue weighted by Crippen LogP contribution is 2.34. The van der Waals surface area contributed by atoms with Crippen molar-refractivity contribution in [2.24, 2.45) is 0 Å². The van der Waals surface area contributed by atoms with Crippen molar-refractivity contribution < 1.29 is 0 Å². The molecule has 0 atom stereocenters. The van der Waals surface area contributed by atoms with Crippen molar-refractivity contribution in [3.63, 3.8) is 0 Å². The van der Waals surface area contributed by atoms with Crippen LogP contribution in [0.1, 0.15) is 27.8 Å². The van der Waals surface area contributed by atoms with Crippen LogP contribution in [0.25, 0.3) is 38.6 Å². The van der Waals surface area contributed by atoms with Gasteiger partial charge in [-0.15, -0.1) is 0 Å². The molecular formula is C28H25N3. The first-order chi connectivity index (χ1) is 14.8. The Morgan fingerprint density at radius 2 is 1.23 bits per heavy atom. The first kappa shape index (κ1) is 20.5. The van der Waals surface area contributed by atoms with Crippen molar-refractivity contribution in [3.05, 3.63) is 100 Å². The van der Waals surface area contributed by atoms with Crippen molar-refractivity contribution in [1.29, 1.82) is 0 Å². The zero-order chi connectivity index (χ0) is 22.1. The second kappa shape index (κ2) is 8.16. The number of aryl methyl sites for hydroxylation is 5. The number of hydrogen-bond acceptors (Lipinski definition) is 2. The maximum atomic E-state index is 7.37. The molecule has 0 bridgehead atoms. The van der Waals surface area contributed by atoms with Gasteiger partial charge in [-0.2, -0.15) is 0 Å². The molecule has 3 aromatic carbocycles. The summed E-state index contributed by atoms with van der Waals surface area (Å²) >= 11 is 0. The van der Waals surface area contributed by atoms with Crippen LogP contribution in [0.5, 0.6) is 0 Å². The summed E-state index contributed by atoms with van der Waals surface area (Å²) in [5, 5.41) is 0. The maximum Gasteiger partial charge on any atom is 0.187 e. The molecule has 3 nitrogen and oxygen atoms in total. The molecule has 1 aromatic heterocycles. The van der Waals surface area contributed by atoms with Crippen molar-refractivity contribution >= 4 is 5.69 Å². The molecule has 0 saturated carbocycles. The highest BCUT2D eigenvalue weighted by Gasteiger charge is 2.16. The van der Waals surface area contributed by atoms with Gasteiger partial charge in [0.2, 0.25) is 0 Å². The summed E-state index contributed by atoms with van der Waals surface area (Å²) in [5.41, 5.74) is 12.1. The van der Waals surface area contributed by atoms with E-state index in [-0.39, 0.29) is 0 Å². The van der Waals surface area contributed by atoms with E-state index < -0.39 is 0 Å². The quantitative estimate of drug-likeness (QED) is 0.330. The summed E-state index contributed by atoms with van der Waals surface area (Å²) in [4.78, 5) is 13.6. The number of benzene rings is 3. The van der Waals surface area contributed by atoms with Gasteiger partial charge in [0.05, 0.1) is 29.9 Å². The summed E-state index contributed by atoms with van der Waals surface area (Å²) < 4.78 is 0. The Morgan fingerprint density at radius 3 is 1.77 bits per heavy atom. The molecule has 3 heteroatoms. The SMILES string of the molecule is [C-]#[N+]c1ccc(C)c(-c2cnc(-c3cc(C)cc(C)c3)c(-c3cc(C)cc(C)c3)n2)c1. The molecule has 0 spiro atoms. The van der Waals surface area contributed by atoms with Gasteiger partial charge in [0.25, 0.3) is 0 Å². The molecule has 0 radical (unpaired) electrons. The highest BCUT2D eigenvalue weighted by atomic mass is 14.8. The average Bonchev–Trinajstić information content (AvgIpc) is 2.72. The number of nitrogens with zero attached hydrogens (tertiary/aromatic N) is 3. The Labute approximate surface area is 184 Å². The van der Waals surface area contributed by atoms with Crippen LogP contribution in [0.3, 0.4) is 0 Å². The second-order valence-corrected chi connectivity index (χ2v) is 8.32.